The Balaban J connectivity index is 1.31. The van der Waals surface area contributed by atoms with Crippen LogP contribution in [0.2, 0.25) is 0 Å². The third-order valence-electron chi connectivity index (χ3n) is 6.71. The van der Waals surface area contributed by atoms with Crippen molar-refractivity contribution in [3.63, 3.8) is 0 Å². The number of aryl methyl sites for hydroxylation is 1. The highest BCUT2D eigenvalue weighted by molar-refractivity contribution is 7.21. The highest BCUT2D eigenvalue weighted by Crippen LogP contribution is 2.41. The molecule has 7 heteroatoms. The molecule has 3 aromatic heterocycles. The third-order valence-corrected chi connectivity index (χ3v) is 8.64. The molecule has 0 aliphatic heterocycles. The topological polar surface area (TPSA) is 85.1 Å². The van der Waals surface area contributed by atoms with Crippen molar-refractivity contribution in [2.24, 2.45) is 0 Å². The number of fused-ring (bicyclic) bond motifs is 1. The molecule has 0 aliphatic carbocycles. The van der Waals surface area contributed by atoms with Crippen LogP contribution in [-0.4, -0.2) is 16.7 Å². The van der Waals surface area contributed by atoms with Gasteiger partial charge in [0.1, 0.15) is 9.71 Å². The van der Waals surface area contributed by atoms with Crippen LogP contribution in [-0.2, 0) is 0 Å². The molecule has 5 nitrogen and oxygen atoms in total. The number of nitrogens with one attached hydrogen (secondary N) is 1. The van der Waals surface area contributed by atoms with Crippen LogP contribution < -0.4 is 11.1 Å². The number of nitrogens with zero attached hydrogens (tertiary/aromatic N) is 1. The Bertz CT molecular complexity index is 1890. The van der Waals surface area contributed by atoms with Crippen LogP contribution in [0.4, 0.5) is 11.4 Å². The summed E-state index contributed by atoms with van der Waals surface area (Å²) in [4.78, 5) is 33.0. The molecule has 0 spiro atoms. The Morgan fingerprint density at radius 1 is 0.878 bits per heavy atom. The smallest absolute Gasteiger partial charge is 0.267 e. The van der Waals surface area contributed by atoms with Crippen LogP contribution in [0, 0.1) is 6.92 Å². The number of nitrogen functional groups attached to an aromatic ring is 1. The van der Waals surface area contributed by atoms with Gasteiger partial charge in [0.2, 0.25) is 0 Å². The second-order valence-corrected chi connectivity index (χ2v) is 11.5. The number of pyridine rings is 1. The van der Waals surface area contributed by atoms with Gasteiger partial charge in [-0.05, 0) is 72.0 Å². The van der Waals surface area contributed by atoms with E-state index in [1.54, 1.807) is 47.8 Å². The van der Waals surface area contributed by atoms with Crippen LogP contribution in [0.3, 0.4) is 0 Å². The lowest BCUT2D eigenvalue weighted by molar-refractivity contribution is 0.102. The molecule has 6 rings (SSSR count). The van der Waals surface area contributed by atoms with E-state index in [-0.39, 0.29) is 11.7 Å². The van der Waals surface area contributed by atoms with Gasteiger partial charge in [-0.15, -0.1) is 22.7 Å². The van der Waals surface area contributed by atoms with Crippen LogP contribution in [0.5, 0.6) is 0 Å². The van der Waals surface area contributed by atoms with E-state index in [1.807, 2.05) is 53.9 Å². The third kappa shape index (κ3) is 5.59. The summed E-state index contributed by atoms with van der Waals surface area (Å²) in [6.45, 7) is 2.05. The van der Waals surface area contributed by atoms with Gasteiger partial charge in [-0.1, -0.05) is 66.2 Å². The van der Waals surface area contributed by atoms with Gasteiger partial charge in [0.25, 0.3) is 5.91 Å². The molecule has 1 amide bonds. The molecular weight excluding hydrogens is 547 g/mol. The van der Waals surface area contributed by atoms with Gasteiger partial charge in [-0.3, -0.25) is 9.59 Å². The SMILES string of the molecule is Cc1ccc(-c2cc(-c3ccccc3)c3c(N)c(C(=O)Nc4ccc(C(=O)/C=C/c5cccs5)cc4)sc3n2)cc1. The highest BCUT2D eigenvalue weighted by atomic mass is 32.1. The van der Waals surface area contributed by atoms with Crippen molar-refractivity contribution in [2.45, 2.75) is 6.92 Å². The lowest BCUT2D eigenvalue weighted by atomic mass is 9.99. The Kier molecular flexibility index (Phi) is 7.29. The molecule has 3 heterocycles. The van der Waals surface area contributed by atoms with Gasteiger partial charge < -0.3 is 11.1 Å². The maximum Gasteiger partial charge on any atom is 0.267 e. The molecule has 3 aromatic carbocycles. The number of benzene rings is 3. The first kappa shape index (κ1) is 26.4. The zero-order valence-electron chi connectivity index (χ0n) is 22.1. The van der Waals surface area contributed by atoms with E-state index < -0.39 is 0 Å². The molecule has 6 aromatic rings. The lowest BCUT2D eigenvalue weighted by Crippen LogP contribution is -2.12. The molecule has 0 saturated heterocycles. The second kappa shape index (κ2) is 11.3. The van der Waals surface area contributed by atoms with Crippen LogP contribution in [0.25, 0.3) is 38.7 Å². The molecule has 0 unspecified atom stereocenters. The quantitative estimate of drug-likeness (QED) is 0.148. The number of allylic oxidation sites excluding steroid dienone is 1. The van der Waals surface area contributed by atoms with E-state index in [0.717, 1.165) is 32.6 Å². The first-order valence-electron chi connectivity index (χ1n) is 13.0. The summed E-state index contributed by atoms with van der Waals surface area (Å²) >= 11 is 2.84. The maximum atomic E-state index is 13.4. The fourth-order valence-corrected chi connectivity index (χ4v) is 6.19. The Hall–Kier alpha value is -4.85. The number of rotatable bonds is 7. The van der Waals surface area contributed by atoms with E-state index in [2.05, 4.69) is 36.5 Å². The molecule has 0 radical (unpaired) electrons. The molecule has 0 aliphatic rings. The van der Waals surface area contributed by atoms with Gasteiger partial charge in [0.15, 0.2) is 5.78 Å². The van der Waals surface area contributed by atoms with E-state index in [1.165, 1.54) is 16.9 Å². The van der Waals surface area contributed by atoms with Crippen LogP contribution in [0.15, 0.2) is 109 Å². The molecule has 0 fully saturated rings. The summed E-state index contributed by atoms with van der Waals surface area (Å²) in [5.74, 6) is -0.424. The Labute approximate surface area is 245 Å². The molecule has 3 N–H and O–H groups in total. The minimum atomic E-state index is -0.321. The molecule has 0 bridgehead atoms. The fraction of sp³-hybridized carbons (Fsp3) is 0.0294. The predicted molar refractivity (Wildman–Crippen MR) is 172 cm³/mol. The zero-order valence-corrected chi connectivity index (χ0v) is 23.8. The first-order valence-corrected chi connectivity index (χ1v) is 14.7. The number of ketones is 1. The van der Waals surface area contributed by atoms with Crippen LogP contribution in [0.1, 0.15) is 30.5 Å². The minimum Gasteiger partial charge on any atom is -0.397 e. The number of anilines is 2. The Morgan fingerprint density at radius 2 is 1.63 bits per heavy atom. The van der Waals surface area contributed by atoms with Gasteiger partial charge in [-0.2, -0.15) is 0 Å². The summed E-state index contributed by atoms with van der Waals surface area (Å²) in [5, 5.41) is 5.66. The van der Waals surface area contributed by atoms with Crippen molar-refractivity contribution in [3.05, 3.63) is 129 Å². The first-order chi connectivity index (χ1) is 20.0. The van der Waals surface area contributed by atoms with Crippen molar-refractivity contribution in [3.8, 4) is 22.4 Å². The average molecular weight is 572 g/mol. The monoisotopic (exact) mass is 571 g/mol. The normalized spacial score (nSPS) is 11.2. The molecule has 0 saturated carbocycles. The summed E-state index contributed by atoms with van der Waals surface area (Å²) in [6, 6.07) is 31.0. The van der Waals surface area contributed by atoms with Gasteiger partial charge in [0.05, 0.1) is 11.4 Å². The largest absolute Gasteiger partial charge is 0.397 e. The highest BCUT2D eigenvalue weighted by Gasteiger charge is 2.22. The predicted octanol–water partition coefficient (Wildman–Crippen LogP) is 8.73. The van der Waals surface area contributed by atoms with E-state index >= 15 is 0 Å². The Morgan fingerprint density at radius 3 is 2.34 bits per heavy atom. The standard InChI is InChI=1S/C34H25N3O2S2/c1-21-9-11-23(12-10-21)28-20-27(22-6-3-2-4-7-22)30-31(35)32(41-34(30)37-28)33(39)36-25-15-13-24(14-16-25)29(38)18-17-26-8-5-19-40-26/h2-20H,35H2,1H3,(H,36,39)/b18-17+. The molecule has 200 valence electrons. The number of thiophene rings is 2. The molecular formula is C34H25N3O2S2. The summed E-state index contributed by atoms with van der Waals surface area (Å²) in [6.07, 6.45) is 3.36. The van der Waals surface area contributed by atoms with Crippen molar-refractivity contribution in [1.82, 2.24) is 4.98 Å². The number of nitrogens with two attached hydrogens (primary N) is 1. The van der Waals surface area contributed by atoms with E-state index in [9.17, 15) is 9.59 Å². The maximum absolute atomic E-state index is 13.4. The van der Waals surface area contributed by atoms with Gasteiger partial charge in [0, 0.05) is 27.1 Å². The number of amides is 1. The summed E-state index contributed by atoms with van der Waals surface area (Å²) in [5.41, 5.74) is 13.1. The van der Waals surface area contributed by atoms with E-state index in [4.69, 9.17) is 10.7 Å². The average Bonchev–Trinajstić information content (AvgIpc) is 3.64. The number of hydrogen-bond donors (Lipinski definition) is 2. The second-order valence-electron chi connectivity index (χ2n) is 9.56. The van der Waals surface area contributed by atoms with Crippen molar-refractivity contribution >= 4 is 62.0 Å². The minimum absolute atomic E-state index is 0.103. The van der Waals surface area contributed by atoms with E-state index in [0.29, 0.717) is 26.6 Å². The lowest BCUT2D eigenvalue weighted by Gasteiger charge is -2.09. The zero-order chi connectivity index (χ0) is 28.3. The van der Waals surface area contributed by atoms with Crippen molar-refractivity contribution < 1.29 is 9.59 Å². The molecule has 41 heavy (non-hydrogen) atoms. The van der Waals surface area contributed by atoms with Gasteiger partial charge >= 0.3 is 0 Å². The van der Waals surface area contributed by atoms with Crippen molar-refractivity contribution in [1.29, 1.82) is 0 Å². The number of carbonyl (C=O) groups is 2. The van der Waals surface area contributed by atoms with Gasteiger partial charge in [-0.25, -0.2) is 4.98 Å². The number of hydrogen-bond acceptors (Lipinski definition) is 6. The molecule has 0 atom stereocenters. The van der Waals surface area contributed by atoms with Crippen LogP contribution >= 0.6 is 22.7 Å². The summed E-state index contributed by atoms with van der Waals surface area (Å²) in [7, 11) is 0. The summed E-state index contributed by atoms with van der Waals surface area (Å²) < 4.78 is 0. The fourth-order valence-electron chi connectivity index (χ4n) is 4.55. The van der Waals surface area contributed by atoms with Crippen molar-refractivity contribution in [2.75, 3.05) is 11.1 Å². The number of carbonyl (C=O) groups excluding carboxylic acids is 2. The number of aromatic nitrogens is 1.